The minimum Gasteiger partial charge on any atom is -0.377 e. The molecule has 0 saturated carbocycles. The highest BCUT2D eigenvalue weighted by Gasteiger charge is 2.06. The van der Waals surface area contributed by atoms with E-state index >= 15 is 0 Å². The monoisotopic (exact) mass is 139 g/mol. The molecule has 0 N–H and O–H groups in total. The fourth-order valence-electron chi connectivity index (χ4n) is 1.27. The van der Waals surface area contributed by atoms with Gasteiger partial charge in [-0.05, 0) is 32.4 Å². The van der Waals surface area contributed by atoms with Crippen LogP contribution >= 0.6 is 0 Å². The van der Waals surface area contributed by atoms with Crippen LogP contribution in [0.4, 0.5) is 0 Å². The zero-order valence-corrected chi connectivity index (χ0v) is 7.06. The van der Waals surface area contributed by atoms with Gasteiger partial charge in [-0.15, -0.1) is 0 Å². The quantitative estimate of drug-likeness (QED) is 0.568. The maximum absolute atomic E-state index is 2.43. The maximum Gasteiger partial charge on any atom is 0.0173 e. The first-order valence-electron chi connectivity index (χ1n) is 4.24. The topological polar surface area (TPSA) is 3.24 Å². The highest BCUT2D eigenvalue weighted by Crippen LogP contribution is 2.10. The van der Waals surface area contributed by atoms with Crippen LogP contribution < -0.4 is 0 Å². The molecule has 1 saturated heterocycles. The van der Waals surface area contributed by atoms with E-state index in [2.05, 4.69) is 24.9 Å². The van der Waals surface area contributed by atoms with Gasteiger partial charge in [0.15, 0.2) is 0 Å². The molecule has 1 fully saturated rings. The van der Waals surface area contributed by atoms with Gasteiger partial charge in [0.05, 0.1) is 0 Å². The predicted octanol–water partition coefficient (Wildman–Crippen LogP) is 2.40. The molecule has 1 aliphatic heterocycles. The Morgan fingerprint density at radius 1 is 1.40 bits per heavy atom. The van der Waals surface area contributed by atoms with Gasteiger partial charge < -0.3 is 4.90 Å². The summed E-state index contributed by atoms with van der Waals surface area (Å²) in [4.78, 5) is 2.43. The van der Waals surface area contributed by atoms with Crippen LogP contribution in [-0.2, 0) is 0 Å². The molecule has 58 valence electrons. The molecule has 0 aromatic heterocycles. The summed E-state index contributed by atoms with van der Waals surface area (Å²) < 4.78 is 0. The molecule has 0 aromatic rings. The zero-order chi connectivity index (χ0) is 7.40. The Morgan fingerprint density at radius 3 is 2.50 bits per heavy atom. The van der Waals surface area contributed by atoms with Crippen molar-refractivity contribution in [1.82, 2.24) is 4.90 Å². The van der Waals surface area contributed by atoms with Crippen LogP contribution in [0.1, 0.15) is 33.1 Å². The van der Waals surface area contributed by atoms with Gasteiger partial charge >= 0.3 is 0 Å². The Morgan fingerprint density at radius 2 is 2.00 bits per heavy atom. The number of nitrogens with zero attached hydrogens (tertiary/aromatic N) is 1. The van der Waals surface area contributed by atoms with Crippen LogP contribution in [0, 0.1) is 0 Å². The summed E-state index contributed by atoms with van der Waals surface area (Å²) in [5.41, 5.74) is 1.50. The van der Waals surface area contributed by atoms with Crippen LogP contribution in [0.25, 0.3) is 0 Å². The third kappa shape index (κ3) is 2.05. The highest BCUT2D eigenvalue weighted by molar-refractivity contribution is 4.97. The number of hydrogen-bond donors (Lipinski definition) is 0. The first-order valence-corrected chi connectivity index (χ1v) is 4.24. The highest BCUT2D eigenvalue weighted by atomic mass is 15.1. The van der Waals surface area contributed by atoms with Gasteiger partial charge in [-0.3, -0.25) is 0 Å². The summed E-state index contributed by atoms with van der Waals surface area (Å²) in [6, 6.07) is 0. The first kappa shape index (κ1) is 7.64. The lowest BCUT2D eigenvalue weighted by atomic mass is 10.2. The maximum atomic E-state index is 2.43. The van der Waals surface area contributed by atoms with Crippen molar-refractivity contribution >= 4 is 0 Å². The summed E-state index contributed by atoms with van der Waals surface area (Å²) >= 11 is 0. The van der Waals surface area contributed by atoms with Gasteiger partial charge in [0.1, 0.15) is 0 Å². The van der Waals surface area contributed by atoms with Crippen LogP contribution in [0.3, 0.4) is 0 Å². The van der Waals surface area contributed by atoms with Crippen molar-refractivity contribution in [2.75, 3.05) is 13.1 Å². The van der Waals surface area contributed by atoms with E-state index < -0.39 is 0 Å². The molecular formula is C9H17N. The van der Waals surface area contributed by atoms with E-state index in [1.807, 2.05) is 0 Å². The molecule has 0 radical (unpaired) electrons. The lowest BCUT2D eigenvalue weighted by Gasteiger charge is -2.11. The third-order valence-electron chi connectivity index (χ3n) is 2.10. The Balaban J connectivity index is 2.34. The number of hydrogen-bond acceptors (Lipinski definition) is 1. The minimum absolute atomic E-state index is 1.19. The van der Waals surface area contributed by atoms with Crippen LogP contribution in [0.2, 0.25) is 0 Å². The zero-order valence-electron chi connectivity index (χ0n) is 7.06. The van der Waals surface area contributed by atoms with Crippen LogP contribution in [0.5, 0.6) is 0 Å². The molecule has 1 nitrogen and oxygen atoms in total. The minimum atomic E-state index is 1.19. The molecule has 0 atom stereocenters. The molecule has 1 rings (SSSR count). The van der Waals surface area contributed by atoms with Crippen molar-refractivity contribution in [2.24, 2.45) is 0 Å². The summed E-state index contributed by atoms with van der Waals surface area (Å²) in [6.45, 7) is 6.97. The molecule has 0 spiro atoms. The normalized spacial score (nSPS) is 20.2. The van der Waals surface area contributed by atoms with E-state index in [9.17, 15) is 0 Å². The van der Waals surface area contributed by atoms with Gasteiger partial charge in [0.2, 0.25) is 0 Å². The largest absolute Gasteiger partial charge is 0.377 e. The number of likely N-dealkylation sites (tertiary alicyclic amines) is 1. The molecule has 10 heavy (non-hydrogen) atoms. The lowest BCUT2D eigenvalue weighted by molar-refractivity contribution is 0.462. The molecule has 0 bridgehead atoms. The first-order chi connectivity index (χ1) is 4.83. The second-order valence-electron chi connectivity index (χ2n) is 3.07. The number of rotatable bonds is 2. The summed E-state index contributed by atoms with van der Waals surface area (Å²) in [6.07, 6.45) is 6.27. The lowest BCUT2D eigenvalue weighted by Crippen LogP contribution is -2.11. The average Bonchev–Trinajstić information content (AvgIpc) is 2.40. The molecule has 0 aromatic carbocycles. The summed E-state index contributed by atoms with van der Waals surface area (Å²) in [7, 11) is 0. The van der Waals surface area contributed by atoms with Crippen molar-refractivity contribution in [2.45, 2.75) is 33.1 Å². The summed E-state index contributed by atoms with van der Waals surface area (Å²) in [5, 5.41) is 0. The Bertz CT molecular complexity index is 121. The average molecular weight is 139 g/mol. The van der Waals surface area contributed by atoms with Crippen molar-refractivity contribution < 1.29 is 0 Å². The smallest absolute Gasteiger partial charge is 0.0173 e. The fourth-order valence-corrected chi connectivity index (χ4v) is 1.27. The molecule has 0 amide bonds. The Kier molecular flexibility index (Phi) is 2.79. The van der Waals surface area contributed by atoms with Gasteiger partial charge in [-0.2, -0.15) is 0 Å². The molecular weight excluding hydrogens is 122 g/mol. The molecule has 1 aliphatic rings. The Hall–Kier alpha value is -0.460. The van der Waals surface area contributed by atoms with E-state index in [1.165, 1.54) is 37.9 Å². The van der Waals surface area contributed by atoms with E-state index in [-0.39, 0.29) is 0 Å². The van der Waals surface area contributed by atoms with Crippen molar-refractivity contribution in [3.8, 4) is 0 Å². The third-order valence-corrected chi connectivity index (χ3v) is 2.10. The standard InChI is InChI=1S/C9H17N/c1-3-9(2)8-10-6-4-5-7-10/h8H,3-7H2,1-2H3/b9-8+. The molecule has 0 unspecified atom stereocenters. The van der Waals surface area contributed by atoms with Gasteiger partial charge in [0.25, 0.3) is 0 Å². The fraction of sp³-hybridized carbons (Fsp3) is 0.778. The van der Waals surface area contributed by atoms with E-state index in [4.69, 9.17) is 0 Å². The second-order valence-corrected chi connectivity index (χ2v) is 3.07. The predicted molar refractivity (Wildman–Crippen MR) is 44.9 cm³/mol. The van der Waals surface area contributed by atoms with Gasteiger partial charge in [-0.1, -0.05) is 12.5 Å². The molecule has 0 aliphatic carbocycles. The van der Waals surface area contributed by atoms with Crippen molar-refractivity contribution in [3.05, 3.63) is 11.8 Å². The van der Waals surface area contributed by atoms with Crippen molar-refractivity contribution in [3.63, 3.8) is 0 Å². The molecule has 1 heterocycles. The van der Waals surface area contributed by atoms with E-state index in [0.717, 1.165) is 0 Å². The van der Waals surface area contributed by atoms with E-state index in [1.54, 1.807) is 0 Å². The SMILES string of the molecule is CC/C(C)=C/N1CCCC1. The van der Waals surface area contributed by atoms with Crippen LogP contribution in [-0.4, -0.2) is 18.0 Å². The van der Waals surface area contributed by atoms with E-state index in [0.29, 0.717) is 0 Å². The van der Waals surface area contributed by atoms with Gasteiger partial charge in [0, 0.05) is 13.1 Å². The Labute approximate surface area is 63.7 Å². The van der Waals surface area contributed by atoms with Gasteiger partial charge in [-0.25, -0.2) is 0 Å². The summed E-state index contributed by atoms with van der Waals surface area (Å²) in [5.74, 6) is 0. The second kappa shape index (κ2) is 3.65. The molecule has 1 heteroatoms. The van der Waals surface area contributed by atoms with Crippen LogP contribution in [0.15, 0.2) is 11.8 Å². The van der Waals surface area contributed by atoms with Crippen molar-refractivity contribution in [1.29, 1.82) is 0 Å². The number of allylic oxidation sites excluding steroid dienone is 1.